The van der Waals surface area contributed by atoms with Gasteiger partial charge in [-0.05, 0) is 19.3 Å². The van der Waals surface area contributed by atoms with Crippen LogP contribution in [0.5, 0.6) is 0 Å². The van der Waals surface area contributed by atoms with Crippen LogP contribution >= 0.6 is 0 Å². The van der Waals surface area contributed by atoms with Crippen LogP contribution < -0.4 is 5.43 Å². The van der Waals surface area contributed by atoms with Crippen molar-refractivity contribution in [2.24, 2.45) is 0 Å². The predicted octanol–water partition coefficient (Wildman–Crippen LogP) is 2.24. The van der Waals surface area contributed by atoms with Gasteiger partial charge in [-0.25, -0.2) is 15.0 Å². The van der Waals surface area contributed by atoms with Crippen molar-refractivity contribution in [1.29, 1.82) is 0 Å². The smallest absolute Gasteiger partial charge is 0.143 e. The van der Waals surface area contributed by atoms with Crippen LogP contribution in [0.25, 0.3) is 0 Å². The third kappa shape index (κ3) is 3.17. The number of aromatic nitrogens is 2. The van der Waals surface area contributed by atoms with E-state index in [1.165, 1.54) is 19.3 Å². The van der Waals surface area contributed by atoms with Gasteiger partial charge in [-0.1, -0.05) is 19.8 Å². The van der Waals surface area contributed by atoms with E-state index in [0.717, 1.165) is 37.4 Å². The number of hydrogen-bond donors (Lipinski definition) is 1. The Morgan fingerprint density at radius 1 is 1.25 bits per heavy atom. The highest BCUT2D eigenvalue weighted by atomic mass is 15.5. The Kier molecular flexibility index (Phi) is 4.10. The summed E-state index contributed by atoms with van der Waals surface area (Å²) in [7, 11) is 0. The van der Waals surface area contributed by atoms with Gasteiger partial charge in [0.15, 0.2) is 0 Å². The maximum atomic E-state index is 4.25. The first-order valence-electron chi connectivity index (χ1n) is 6.21. The second-order valence-electron chi connectivity index (χ2n) is 4.30. The molecule has 0 unspecified atom stereocenters. The molecule has 16 heavy (non-hydrogen) atoms. The summed E-state index contributed by atoms with van der Waals surface area (Å²) >= 11 is 0. The second-order valence-corrected chi connectivity index (χ2v) is 4.30. The molecule has 1 aromatic heterocycles. The maximum Gasteiger partial charge on any atom is 0.143 e. The predicted molar refractivity (Wildman–Crippen MR) is 65.1 cm³/mol. The van der Waals surface area contributed by atoms with Crippen molar-refractivity contribution in [3.63, 3.8) is 0 Å². The van der Waals surface area contributed by atoms with Crippen LogP contribution in [0.1, 0.15) is 38.3 Å². The Hall–Kier alpha value is -1.16. The summed E-state index contributed by atoms with van der Waals surface area (Å²) in [5.74, 6) is 0.931. The van der Waals surface area contributed by atoms with Gasteiger partial charge in [0, 0.05) is 24.8 Å². The van der Waals surface area contributed by atoms with Crippen molar-refractivity contribution in [2.75, 3.05) is 18.5 Å². The molecule has 4 heteroatoms. The Morgan fingerprint density at radius 2 is 2.06 bits per heavy atom. The van der Waals surface area contributed by atoms with E-state index < -0.39 is 0 Å². The molecular weight excluding hydrogens is 200 g/mol. The molecule has 0 aromatic carbocycles. The molecular formula is C12H20N4. The van der Waals surface area contributed by atoms with E-state index in [-0.39, 0.29) is 0 Å². The van der Waals surface area contributed by atoms with Gasteiger partial charge in [-0.3, -0.25) is 0 Å². The highest BCUT2D eigenvalue weighted by molar-refractivity contribution is 5.33. The summed E-state index contributed by atoms with van der Waals surface area (Å²) in [6.45, 7) is 4.40. The first-order chi connectivity index (χ1) is 7.88. The molecule has 0 radical (unpaired) electrons. The molecule has 2 heterocycles. The van der Waals surface area contributed by atoms with Crippen molar-refractivity contribution in [2.45, 2.75) is 39.0 Å². The highest BCUT2D eigenvalue weighted by Crippen LogP contribution is 2.12. The van der Waals surface area contributed by atoms with E-state index in [4.69, 9.17) is 0 Å². The fourth-order valence-corrected chi connectivity index (χ4v) is 2.02. The molecule has 1 saturated heterocycles. The molecule has 0 spiro atoms. The third-order valence-corrected chi connectivity index (χ3v) is 2.86. The van der Waals surface area contributed by atoms with Gasteiger partial charge in [0.2, 0.25) is 0 Å². The molecule has 2 rings (SSSR count). The van der Waals surface area contributed by atoms with Gasteiger partial charge >= 0.3 is 0 Å². The highest BCUT2D eigenvalue weighted by Gasteiger charge is 2.10. The van der Waals surface area contributed by atoms with Crippen LogP contribution in [0.3, 0.4) is 0 Å². The molecule has 1 aliphatic rings. The van der Waals surface area contributed by atoms with E-state index in [2.05, 4.69) is 33.4 Å². The second kappa shape index (κ2) is 5.80. The zero-order chi connectivity index (χ0) is 11.2. The van der Waals surface area contributed by atoms with Gasteiger partial charge in [-0.15, -0.1) is 0 Å². The van der Waals surface area contributed by atoms with Gasteiger partial charge < -0.3 is 5.43 Å². The minimum absolute atomic E-state index is 0.931. The molecule has 0 bridgehead atoms. The van der Waals surface area contributed by atoms with Gasteiger partial charge in [-0.2, -0.15) is 0 Å². The van der Waals surface area contributed by atoms with E-state index >= 15 is 0 Å². The third-order valence-electron chi connectivity index (χ3n) is 2.86. The van der Waals surface area contributed by atoms with E-state index in [1.807, 2.05) is 0 Å². The van der Waals surface area contributed by atoms with Crippen LogP contribution in [-0.2, 0) is 6.42 Å². The van der Waals surface area contributed by atoms with E-state index in [1.54, 1.807) is 6.33 Å². The van der Waals surface area contributed by atoms with Crippen molar-refractivity contribution in [1.82, 2.24) is 15.0 Å². The minimum Gasteiger partial charge on any atom is -0.303 e. The Morgan fingerprint density at radius 3 is 2.81 bits per heavy atom. The van der Waals surface area contributed by atoms with Crippen LogP contribution in [0.2, 0.25) is 0 Å². The van der Waals surface area contributed by atoms with Crippen LogP contribution in [0.15, 0.2) is 12.4 Å². The number of aryl methyl sites for hydroxylation is 1. The van der Waals surface area contributed by atoms with Crippen molar-refractivity contribution in [3.05, 3.63) is 18.1 Å². The summed E-state index contributed by atoms with van der Waals surface area (Å²) in [5.41, 5.74) is 4.48. The van der Waals surface area contributed by atoms with Crippen molar-refractivity contribution < 1.29 is 0 Å². The normalized spacial score (nSPS) is 17.3. The van der Waals surface area contributed by atoms with Crippen LogP contribution in [-0.4, -0.2) is 28.1 Å². The average Bonchev–Trinajstić information content (AvgIpc) is 2.31. The Balaban J connectivity index is 1.94. The quantitative estimate of drug-likeness (QED) is 0.845. The lowest BCUT2D eigenvalue weighted by Gasteiger charge is -2.27. The maximum absolute atomic E-state index is 4.25. The zero-order valence-corrected chi connectivity index (χ0v) is 9.95. The Bertz CT molecular complexity index is 321. The summed E-state index contributed by atoms with van der Waals surface area (Å²) in [5, 5.41) is 2.25. The molecule has 1 fully saturated rings. The van der Waals surface area contributed by atoms with E-state index in [9.17, 15) is 0 Å². The van der Waals surface area contributed by atoms with Crippen LogP contribution in [0, 0.1) is 0 Å². The van der Waals surface area contributed by atoms with Crippen molar-refractivity contribution in [3.8, 4) is 0 Å². The average molecular weight is 220 g/mol. The van der Waals surface area contributed by atoms with Gasteiger partial charge in [0.1, 0.15) is 12.1 Å². The molecule has 0 aliphatic carbocycles. The number of hydrazine groups is 1. The minimum atomic E-state index is 0.931. The fourth-order valence-electron chi connectivity index (χ4n) is 2.02. The number of rotatable bonds is 4. The monoisotopic (exact) mass is 220 g/mol. The summed E-state index contributed by atoms with van der Waals surface area (Å²) in [4.78, 5) is 8.50. The lowest BCUT2D eigenvalue weighted by atomic mass is 10.2. The first-order valence-corrected chi connectivity index (χ1v) is 6.21. The van der Waals surface area contributed by atoms with E-state index in [0.29, 0.717) is 0 Å². The molecule has 1 aromatic rings. The zero-order valence-electron chi connectivity index (χ0n) is 9.95. The largest absolute Gasteiger partial charge is 0.303 e. The molecule has 0 atom stereocenters. The summed E-state index contributed by atoms with van der Waals surface area (Å²) in [6, 6.07) is 2.05. The van der Waals surface area contributed by atoms with Gasteiger partial charge in [0.05, 0.1) is 0 Å². The fraction of sp³-hybridized carbons (Fsp3) is 0.667. The Labute approximate surface area is 97.1 Å². The molecule has 1 N–H and O–H groups in total. The molecule has 0 amide bonds. The summed E-state index contributed by atoms with van der Waals surface area (Å²) < 4.78 is 0. The standard InChI is InChI=1S/C12H20N4/c1-2-6-11-9-12(14-10-13-11)15-16-7-4-3-5-8-16/h9-10H,2-8H2,1H3,(H,13,14,15). The molecule has 88 valence electrons. The lowest BCUT2D eigenvalue weighted by molar-refractivity contribution is 0.272. The molecule has 4 nitrogen and oxygen atoms in total. The number of anilines is 1. The molecule has 1 aliphatic heterocycles. The number of nitrogens with zero attached hydrogens (tertiary/aromatic N) is 3. The first kappa shape index (κ1) is 11.3. The van der Waals surface area contributed by atoms with Crippen LogP contribution in [0.4, 0.5) is 5.82 Å². The number of hydrogen-bond acceptors (Lipinski definition) is 4. The SMILES string of the molecule is CCCc1cc(NN2CCCCC2)ncn1. The topological polar surface area (TPSA) is 41.0 Å². The number of nitrogens with one attached hydrogen (secondary N) is 1. The molecule has 0 saturated carbocycles. The lowest BCUT2D eigenvalue weighted by Crippen LogP contribution is -2.35. The summed E-state index contributed by atoms with van der Waals surface area (Å²) in [6.07, 6.45) is 7.71. The van der Waals surface area contributed by atoms with Gasteiger partial charge in [0.25, 0.3) is 0 Å². The number of piperidine rings is 1. The van der Waals surface area contributed by atoms with Crippen molar-refractivity contribution >= 4 is 5.82 Å².